The average Bonchev–Trinajstić information content (AvgIpc) is 3.57. The molecule has 1 saturated heterocycles. The lowest BCUT2D eigenvalue weighted by Crippen LogP contribution is -2.59. The molecule has 2 unspecified atom stereocenters. The molecule has 2 N–H and O–H groups in total. The van der Waals surface area contributed by atoms with Crippen LogP contribution in [0, 0.1) is 5.92 Å². The minimum absolute atomic E-state index is 0.00956. The van der Waals surface area contributed by atoms with E-state index in [0.717, 1.165) is 12.8 Å². The van der Waals surface area contributed by atoms with Crippen LogP contribution in [0.15, 0.2) is 36.7 Å². The van der Waals surface area contributed by atoms with Gasteiger partial charge in [0.05, 0.1) is 18.2 Å². The van der Waals surface area contributed by atoms with Crippen molar-refractivity contribution < 1.29 is 18.3 Å². The Morgan fingerprint density at radius 1 is 1.27 bits per heavy atom. The van der Waals surface area contributed by atoms with Crippen LogP contribution in [0.1, 0.15) is 43.4 Å². The molecule has 2 atom stereocenters. The van der Waals surface area contributed by atoms with Gasteiger partial charge in [0.1, 0.15) is 5.54 Å². The maximum atomic E-state index is 14.7. The van der Waals surface area contributed by atoms with E-state index in [4.69, 9.17) is 10.5 Å². The van der Waals surface area contributed by atoms with Gasteiger partial charge in [-0.2, -0.15) is 0 Å². The lowest BCUT2D eigenvalue weighted by atomic mass is 9.83. The van der Waals surface area contributed by atoms with E-state index in [1.807, 2.05) is 0 Å². The summed E-state index contributed by atoms with van der Waals surface area (Å²) >= 11 is 0. The number of aromatic nitrogens is 3. The number of nitrogens with zero attached hydrogens (tertiary/aromatic N) is 4. The smallest absolute Gasteiger partial charge is 0.257 e. The molecule has 0 bridgehead atoms. The Labute approximate surface area is 173 Å². The van der Waals surface area contributed by atoms with Crippen molar-refractivity contribution in [2.45, 2.75) is 43.6 Å². The minimum Gasteiger partial charge on any atom is -0.476 e. The summed E-state index contributed by atoms with van der Waals surface area (Å²) in [6.45, 7) is 2.17. The zero-order chi connectivity index (χ0) is 21.4. The molecule has 30 heavy (non-hydrogen) atoms. The van der Waals surface area contributed by atoms with Gasteiger partial charge in [0.15, 0.2) is 0 Å². The molecule has 2 aromatic rings. The number of carbonyl (C=O) groups is 1. The quantitative estimate of drug-likeness (QED) is 0.744. The van der Waals surface area contributed by atoms with E-state index in [0.29, 0.717) is 29.7 Å². The highest BCUT2D eigenvalue weighted by atomic mass is 19.3. The number of halogens is 2. The van der Waals surface area contributed by atoms with Crippen LogP contribution in [0.25, 0.3) is 0 Å². The maximum Gasteiger partial charge on any atom is 0.257 e. The third-order valence-electron chi connectivity index (χ3n) is 6.15. The predicted octanol–water partition coefficient (Wildman–Crippen LogP) is 2.49. The van der Waals surface area contributed by atoms with E-state index in [1.54, 1.807) is 36.1 Å². The number of hydrogen-bond acceptors (Lipinski definition) is 6. The fourth-order valence-corrected chi connectivity index (χ4v) is 3.84. The summed E-state index contributed by atoms with van der Waals surface area (Å²) in [5.74, 6) is -3.70. The van der Waals surface area contributed by atoms with Gasteiger partial charge in [-0.15, -0.1) is 10.2 Å². The second-order valence-electron chi connectivity index (χ2n) is 8.24. The highest BCUT2D eigenvalue weighted by Gasteiger charge is 2.51. The topological polar surface area (TPSA) is 94.2 Å². The molecule has 160 valence electrons. The maximum absolute atomic E-state index is 14.7. The van der Waals surface area contributed by atoms with Gasteiger partial charge < -0.3 is 10.5 Å². The van der Waals surface area contributed by atoms with Crippen molar-refractivity contribution in [3.8, 4) is 5.88 Å². The van der Waals surface area contributed by atoms with E-state index in [2.05, 4.69) is 15.2 Å². The SMILES string of the molecule is CC(C(N)=O)(c1ccc(OCC2CC2)nn1)N1CCC(F)(F)C(c2ccncc2)C1. The monoisotopic (exact) mass is 417 g/mol. The van der Waals surface area contributed by atoms with E-state index >= 15 is 0 Å². The van der Waals surface area contributed by atoms with Crippen LogP contribution < -0.4 is 10.5 Å². The van der Waals surface area contributed by atoms with Crippen molar-refractivity contribution in [1.29, 1.82) is 0 Å². The first-order valence-corrected chi connectivity index (χ1v) is 10.1. The number of nitrogens with two attached hydrogens (primary N) is 1. The van der Waals surface area contributed by atoms with Crippen LogP contribution in [-0.4, -0.2) is 51.6 Å². The molecular formula is C21H25F2N5O2. The van der Waals surface area contributed by atoms with Crippen molar-refractivity contribution in [1.82, 2.24) is 20.1 Å². The number of amides is 1. The number of piperidine rings is 1. The summed E-state index contributed by atoms with van der Waals surface area (Å²) < 4.78 is 35.0. The van der Waals surface area contributed by atoms with Crippen LogP contribution in [-0.2, 0) is 10.3 Å². The minimum atomic E-state index is -2.90. The number of pyridine rings is 1. The Morgan fingerprint density at radius 3 is 2.60 bits per heavy atom. The molecule has 3 heterocycles. The molecule has 0 radical (unpaired) electrons. The lowest BCUT2D eigenvalue weighted by Gasteiger charge is -2.45. The van der Waals surface area contributed by atoms with Crippen LogP contribution in [0.4, 0.5) is 8.78 Å². The van der Waals surface area contributed by atoms with Gasteiger partial charge in [-0.25, -0.2) is 8.78 Å². The van der Waals surface area contributed by atoms with Crippen molar-refractivity contribution in [2.75, 3.05) is 19.7 Å². The second kappa shape index (κ2) is 7.86. The summed E-state index contributed by atoms with van der Waals surface area (Å²) in [4.78, 5) is 18.1. The Balaban J connectivity index is 1.58. The fourth-order valence-electron chi connectivity index (χ4n) is 3.84. The molecule has 2 aliphatic rings. The Morgan fingerprint density at radius 2 is 2.00 bits per heavy atom. The number of alkyl halides is 2. The summed E-state index contributed by atoms with van der Waals surface area (Å²) in [6, 6.07) is 6.43. The summed E-state index contributed by atoms with van der Waals surface area (Å²) in [5, 5.41) is 8.23. The van der Waals surface area contributed by atoms with Gasteiger partial charge in [0, 0.05) is 38.0 Å². The standard InChI is InChI=1S/C21H25F2N5O2/c1-20(19(24)29,17-4-5-18(27-26-17)30-13-14-2-3-14)28-11-8-21(22,23)16(12-28)15-6-9-25-10-7-15/h4-7,9-10,14,16H,2-3,8,11-13H2,1H3,(H2,24,29). The van der Waals surface area contributed by atoms with E-state index in [1.165, 1.54) is 12.4 Å². The summed E-state index contributed by atoms with van der Waals surface area (Å²) in [6.07, 6.45) is 4.90. The van der Waals surface area contributed by atoms with E-state index in [-0.39, 0.29) is 13.1 Å². The van der Waals surface area contributed by atoms with Gasteiger partial charge in [-0.3, -0.25) is 14.7 Å². The molecule has 0 aromatic carbocycles. The second-order valence-corrected chi connectivity index (χ2v) is 8.24. The van der Waals surface area contributed by atoms with Gasteiger partial charge in [-0.05, 0) is 49.4 Å². The van der Waals surface area contributed by atoms with Gasteiger partial charge in [0.2, 0.25) is 11.8 Å². The summed E-state index contributed by atoms with van der Waals surface area (Å²) in [7, 11) is 0. The molecule has 2 fully saturated rings. The highest BCUT2D eigenvalue weighted by molar-refractivity contribution is 5.85. The third-order valence-corrected chi connectivity index (χ3v) is 6.15. The number of carbonyl (C=O) groups excluding carboxylic acids is 1. The molecule has 1 aliphatic carbocycles. The first kappa shape index (κ1) is 20.6. The molecule has 1 aliphatic heterocycles. The number of ether oxygens (including phenoxy) is 1. The molecule has 2 aromatic heterocycles. The summed E-state index contributed by atoms with van der Waals surface area (Å²) in [5.41, 5.74) is 5.17. The zero-order valence-corrected chi connectivity index (χ0v) is 16.8. The molecule has 1 amide bonds. The van der Waals surface area contributed by atoms with Gasteiger partial charge in [-0.1, -0.05) is 0 Å². The van der Waals surface area contributed by atoms with Crippen molar-refractivity contribution >= 4 is 5.91 Å². The van der Waals surface area contributed by atoms with Gasteiger partial charge in [0.25, 0.3) is 5.92 Å². The average molecular weight is 417 g/mol. The van der Waals surface area contributed by atoms with Crippen molar-refractivity contribution in [2.24, 2.45) is 11.7 Å². The Kier molecular flexibility index (Phi) is 5.40. The Bertz CT molecular complexity index is 892. The Hall–Kier alpha value is -2.68. The fraction of sp³-hybridized carbons (Fsp3) is 0.524. The number of hydrogen-bond donors (Lipinski definition) is 1. The molecule has 0 spiro atoms. The number of rotatable bonds is 7. The van der Waals surface area contributed by atoms with Crippen LogP contribution in [0.3, 0.4) is 0 Å². The van der Waals surface area contributed by atoms with Crippen molar-refractivity contribution in [3.63, 3.8) is 0 Å². The third kappa shape index (κ3) is 3.98. The highest BCUT2D eigenvalue weighted by Crippen LogP contribution is 2.43. The predicted molar refractivity (Wildman–Crippen MR) is 105 cm³/mol. The molecule has 9 heteroatoms. The van der Waals surface area contributed by atoms with E-state index in [9.17, 15) is 13.6 Å². The normalized spacial score (nSPS) is 23.5. The molecule has 1 saturated carbocycles. The zero-order valence-electron chi connectivity index (χ0n) is 16.8. The lowest BCUT2D eigenvalue weighted by molar-refractivity contribution is -0.139. The number of likely N-dealkylation sites (tertiary alicyclic amines) is 1. The molecule has 4 rings (SSSR count). The van der Waals surface area contributed by atoms with Gasteiger partial charge >= 0.3 is 0 Å². The first-order chi connectivity index (χ1) is 14.3. The van der Waals surface area contributed by atoms with E-state index < -0.39 is 29.7 Å². The number of primary amides is 1. The van der Waals surface area contributed by atoms with Crippen LogP contribution in [0.5, 0.6) is 5.88 Å². The largest absolute Gasteiger partial charge is 0.476 e. The first-order valence-electron chi connectivity index (χ1n) is 10.1. The molecular weight excluding hydrogens is 392 g/mol. The van der Waals surface area contributed by atoms with Crippen LogP contribution in [0.2, 0.25) is 0 Å². The van der Waals surface area contributed by atoms with Crippen molar-refractivity contribution in [3.05, 3.63) is 47.9 Å². The molecule has 7 nitrogen and oxygen atoms in total. The van der Waals surface area contributed by atoms with Crippen LogP contribution >= 0.6 is 0 Å².